The zero-order chi connectivity index (χ0) is 38.3. The van der Waals surface area contributed by atoms with Crippen molar-refractivity contribution in [2.45, 2.75) is 193 Å². The second kappa shape index (κ2) is 37.7. The molecule has 0 radical (unpaired) electrons. The number of nitrogens with zero attached hydrogens (tertiary/aromatic N) is 2. The van der Waals surface area contributed by atoms with Crippen LogP contribution in [0.25, 0.3) is 0 Å². The summed E-state index contributed by atoms with van der Waals surface area (Å²) in [5, 5.41) is 3.78. The van der Waals surface area contributed by atoms with Crippen molar-refractivity contribution in [3.05, 3.63) is 72.5 Å². The molecule has 1 saturated heterocycles. The van der Waals surface area contributed by atoms with Crippen LogP contribution in [0.1, 0.15) is 186 Å². The molecule has 0 spiro atoms. The normalized spacial score (nSPS) is 13.8. The van der Waals surface area contributed by atoms with Crippen molar-refractivity contribution in [2.24, 2.45) is 0 Å². The Labute approximate surface area is 334 Å². The molecule has 0 amide bonds. The van der Waals surface area contributed by atoms with Crippen molar-refractivity contribution in [1.29, 1.82) is 0 Å². The van der Waals surface area contributed by atoms with Crippen LogP contribution in [0.2, 0.25) is 0 Å². The lowest BCUT2D eigenvalue weighted by molar-refractivity contribution is 0.0523. The number of allylic oxidation sites excluding steroid dienone is 8. The molecular weight excluding hydrogens is 663 g/mol. The predicted octanol–water partition coefficient (Wildman–Crippen LogP) is 13.8. The molecule has 0 saturated carbocycles. The van der Waals surface area contributed by atoms with Gasteiger partial charge in [0.25, 0.3) is 0 Å². The third-order valence-electron chi connectivity index (χ3n) is 10.5. The predicted molar refractivity (Wildman–Crippen MR) is 237 cm³/mol. The number of hydrogen-bond acceptors (Lipinski definition) is 5. The fourth-order valence-electron chi connectivity index (χ4n) is 7.04. The molecule has 0 bridgehead atoms. The van der Waals surface area contributed by atoms with Gasteiger partial charge in [0.15, 0.2) is 0 Å². The molecule has 1 aromatic heterocycles. The number of anilines is 1. The van der Waals surface area contributed by atoms with Crippen LogP contribution >= 0.6 is 0 Å². The minimum Gasteiger partial charge on any atom is -0.380 e. The Morgan fingerprint density at radius 1 is 0.593 bits per heavy atom. The topological polar surface area (TPSA) is 46.6 Å². The van der Waals surface area contributed by atoms with E-state index >= 15 is 0 Å². The molecule has 5 heteroatoms. The number of ether oxygens (including phenoxy) is 2. The van der Waals surface area contributed by atoms with E-state index in [1.165, 1.54) is 147 Å². The third kappa shape index (κ3) is 28.2. The van der Waals surface area contributed by atoms with Gasteiger partial charge in [0.2, 0.25) is 0 Å². The summed E-state index contributed by atoms with van der Waals surface area (Å²) in [7, 11) is 0. The van der Waals surface area contributed by atoms with E-state index in [-0.39, 0.29) is 6.04 Å². The molecule has 1 fully saturated rings. The first-order valence-electron chi connectivity index (χ1n) is 23.0. The summed E-state index contributed by atoms with van der Waals surface area (Å²) in [5.74, 6) is 1.14. The number of rotatable bonds is 38. The first-order chi connectivity index (χ1) is 26.8. The first-order valence-corrected chi connectivity index (χ1v) is 23.0. The second-order valence-electron chi connectivity index (χ2n) is 15.6. The van der Waals surface area contributed by atoms with E-state index in [9.17, 15) is 0 Å². The molecule has 1 aliphatic heterocycles. The van der Waals surface area contributed by atoms with Crippen molar-refractivity contribution in [3.8, 4) is 0 Å². The third-order valence-corrected chi connectivity index (χ3v) is 10.5. The smallest absolute Gasteiger partial charge is 0.133 e. The van der Waals surface area contributed by atoms with E-state index in [1.807, 2.05) is 6.20 Å². The summed E-state index contributed by atoms with van der Waals surface area (Å²) >= 11 is 0. The highest BCUT2D eigenvalue weighted by atomic mass is 16.5. The monoisotopic (exact) mass is 748 g/mol. The summed E-state index contributed by atoms with van der Waals surface area (Å²) in [4.78, 5) is 7.20. The molecule has 0 unspecified atom stereocenters. The van der Waals surface area contributed by atoms with Crippen molar-refractivity contribution < 1.29 is 9.47 Å². The molecule has 308 valence electrons. The van der Waals surface area contributed by atoms with Gasteiger partial charge >= 0.3 is 0 Å². The van der Waals surface area contributed by atoms with Gasteiger partial charge in [-0.3, -0.25) is 0 Å². The number of aromatic nitrogens is 1. The van der Waals surface area contributed by atoms with Gasteiger partial charge in [-0.25, -0.2) is 4.98 Å². The molecular formula is C49H85N3O2. The summed E-state index contributed by atoms with van der Waals surface area (Å²) in [6, 6.07) is 4.47. The van der Waals surface area contributed by atoms with Gasteiger partial charge in [0, 0.05) is 44.6 Å². The van der Waals surface area contributed by atoms with Gasteiger partial charge in [-0.2, -0.15) is 0 Å². The SMILES string of the molecule is CCCCC/C=C\C/C=C\CCCCCCCCOCC(COCCCCCCCC/C=C\C/C=C\CCCCC)NCc1cccnc1N1CCCC1. The van der Waals surface area contributed by atoms with Crippen molar-refractivity contribution in [3.63, 3.8) is 0 Å². The molecule has 0 aliphatic carbocycles. The van der Waals surface area contributed by atoms with Gasteiger partial charge in [0.1, 0.15) is 5.82 Å². The van der Waals surface area contributed by atoms with Crippen LogP contribution in [-0.4, -0.2) is 50.5 Å². The summed E-state index contributed by atoms with van der Waals surface area (Å²) in [6.45, 7) is 10.6. The highest BCUT2D eigenvalue weighted by molar-refractivity contribution is 5.47. The molecule has 0 atom stereocenters. The lowest BCUT2D eigenvalue weighted by Crippen LogP contribution is -2.38. The minimum absolute atomic E-state index is 0.186. The van der Waals surface area contributed by atoms with E-state index in [0.29, 0.717) is 13.2 Å². The van der Waals surface area contributed by atoms with Crippen LogP contribution in [0.3, 0.4) is 0 Å². The number of hydrogen-bond donors (Lipinski definition) is 1. The van der Waals surface area contributed by atoms with Crippen LogP contribution in [0.15, 0.2) is 66.9 Å². The Kier molecular flexibility index (Phi) is 33.5. The van der Waals surface area contributed by atoms with Crippen molar-refractivity contribution in [1.82, 2.24) is 10.3 Å². The number of nitrogens with one attached hydrogen (secondary N) is 1. The average Bonchev–Trinajstić information content (AvgIpc) is 3.74. The Morgan fingerprint density at radius 3 is 1.52 bits per heavy atom. The fourth-order valence-corrected chi connectivity index (χ4v) is 7.04. The maximum absolute atomic E-state index is 6.23. The lowest BCUT2D eigenvalue weighted by Gasteiger charge is -2.23. The summed E-state index contributed by atoms with van der Waals surface area (Å²) < 4.78 is 12.5. The van der Waals surface area contributed by atoms with Gasteiger partial charge in [0.05, 0.1) is 19.3 Å². The maximum Gasteiger partial charge on any atom is 0.133 e. The van der Waals surface area contributed by atoms with Crippen molar-refractivity contribution >= 4 is 5.82 Å². The van der Waals surface area contributed by atoms with E-state index in [2.05, 4.69) is 84.8 Å². The average molecular weight is 748 g/mol. The quantitative estimate of drug-likeness (QED) is 0.0539. The first kappa shape index (κ1) is 47.9. The molecule has 0 aromatic carbocycles. The van der Waals surface area contributed by atoms with Crippen LogP contribution < -0.4 is 10.2 Å². The molecule has 1 aromatic rings. The van der Waals surface area contributed by atoms with Gasteiger partial charge < -0.3 is 19.7 Å². The fraction of sp³-hybridized carbons (Fsp3) is 0.735. The van der Waals surface area contributed by atoms with Gasteiger partial charge in [-0.05, 0) is 96.0 Å². The maximum atomic E-state index is 6.23. The standard InChI is InChI=1S/C49H85N3O2/c1-3-5-7-9-11-13-15-17-19-21-23-25-27-29-31-35-42-53-45-48(51-44-47-38-37-39-50-49(47)52-40-33-34-41-52)46-54-43-36-32-30-28-26-24-22-20-18-16-14-12-10-8-6-4-2/h11-14,17-20,37-39,48,51H,3-10,15-16,21-36,40-46H2,1-2H3/b13-11-,14-12-,19-17-,20-18-. The van der Waals surface area contributed by atoms with Gasteiger partial charge in [-0.15, -0.1) is 0 Å². The van der Waals surface area contributed by atoms with Crippen LogP contribution in [0.5, 0.6) is 0 Å². The molecule has 2 rings (SSSR count). The summed E-state index contributed by atoms with van der Waals surface area (Å²) in [5.41, 5.74) is 1.28. The van der Waals surface area contributed by atoms with Crippen LogP contribution in [0.4, 0.5) is 5.82 Å². The molecule has 2 heterocycles. The highest BCUT2D eigenvalue weighted by Gasteiger charge is 2.18. The Morgan fingerprint density at radius 2 is 1.04 bits per heavy atom. The zero-order valence-electron chi connectivity index (χ0n) is 35.5. The molecule has 54 heavy (non-hydrogen) atoms. The number of pyridine rings is 1. The summed E-state index contributed by atoms with van der Waals surface area (Å²) in [6.07, 6.45) is 53.7. The Balaban J connectivity index is 1.56. The van der Waals surface area contributed by atoms with E-state index in [1.54, 1.807) is 0 Å². The van der Waals surface area contributed by atoms with E-state index in [4.69, 9.17) is 14.5 Å². The van der Waals surface area contributed by atoms with Crippen LogP contribution in [0, 0.1) is 0 Å². The second-order valence-corrected chi connectivity index (χ2v) is 15.6. The molecule has 1 aliphatic rings. The highest BCUT2D eigenvalue weighted by Crippen LogP contribution is 2.22. The van der Waals surface area contributed by atoms with Gasteiger partial charge in [-0.1, -0.05) is 146 Å². The molecule has 5 nitrogen and oxygen atoms in total. The Hall–Kier alpha value is -2.21. The van der Waals surface area contributed by atoms with E-state index < -0.39 is 0 Å². The lowest BCUT2D eigenvalue weighted by atomic mass is 10.1. The Bertz CT molecular complexity index is 1010. The van der Waals surface area contributed by atoms with E-state index in [0.717, 1.165) is 64.3 Å². The number of unbranched alkanes of at least 4 members (excludes halogenated alkanes) is 18. The minimum atomic E-state index is 0.186. The zero-order valence-corrected chi connectivity index (χ0v) is 35.5. The molecule has 1 N–H and O–H groups in total. The largest absolute Gasteiger partial charge is 0.380 e. The van der Waals surface area contributed by atoms with Crippen molar-refractivity contribution in [2.75, 3.05) is 44.4 Å². The van der Waals surface area contributed by atoms with Crippen LogP contribution in [-0.2, 0) is 16.0 Å².